The number of carbonyl (C=O) groups excluding carboxylic acids is 1. The first-order valence-electron chi connectivity index (χ1n) is 8.76. The quantitative estimate of drug-likeness (QED) is 0.240. The molecule has 0 aliphatic rings. The SMILES string of the molecule is O=C(COc1ccc(/C=C/c2nc(O)c([N+](=O)[O-])c(=O)[nH]2)cc1)Nc1cccc(I)c1. The first-order valence-corrected chi connectivity index (χ1v) is 9.84. The number of aromatic nitrogens is 2. The molecule has 0 aliphatic heterocycles. The summed E-state index contributed by atoms with van der Waals surface area (Å²) in [5.41, 5.74) is -0.671. The predicted octanol–water partition coefficient (Wildman–Crippen LogP) is 3.18. The summed E-state index contributed by atoms with van der Waals surface area (Å²) >= 11 is 2.15. The molecule has 1 aromatic heterocycles. The van der Waals surface area contributed by atoms with Crippen molar-refractivity contribution in [1.82, 2.24) is 9.97 Å². The van der Waals surface area contributed by atoms with Gasteiger partial charge in [0.2, 0.25) is 0 Å². The van der Waals surface area contributed by atoms with Gasteiger partial charge in [-0.2, -0.15) is 4.98 Å². The fraction of sp³-hybridized carbons (Fsp3) is 0.0500. The zero-order chi connectivity index (χ0) is 22.4. The maximum Gasteiger partial charge on any atom is 0.395 e. The number of nitrogens with one attached hydrogen (secondary N) is 2. The number of halogens is 1. The molecule has 3 rings (SSSR count). The Hall–Kier alpha value is -3.74. The van der Waals surface area contributed by atoms with E-state index in [9.17, 15) is 24.8 Å². The summed E-state index contributed by atoms with van der Waals surface area (Å²) < 4.78 is 6.46. The molecule has 0 atom stereocenters. The fourth-order valence-corrected chi connectivity index (χ4v) is 3.02. The van der Waals surface area contributed by atoms with Crippen LogP contribution in [0, 0.1) is 13.7 Å². The molecule has 0 aliphatic carbocycles. The van der Waals surface area contributed by atoms with Crippen LogP contribution in [-0.4, -0.2) is 32.5 Å². The van der Waals surface area contributed by atoms with Gasteiger partial charge >= 0.3 is 11.2 Å². The summed E-state index contributed by atoms with van der Waals surface area (Å²) in [6.07, 6.45) is 2.96. The predicted molar refractivity (Wildman–Crippen MR) is 122 cm³/mol. The average Bonchev–Trinajstić information content (AvgIpc) is 2.71. The third-order valence-electron chi connectivity index (χ3n) is 3.87. The number of aromatic amines is 1. The van der Waals surface area contributed by atoms with Crippen LogP contribution >= 0.6 is 22.6 Å². The molecule has 11 heteroatoms. The molecule has 0 unspecified atom stereocenters. The molecule has 3 aromatic rings. The number of aromatic hydroxyl groups is 1. The van der Waals surface area contributed by atoms with E-state index in [0.717, 1.165) is 3.57 Å². The normalized spacial score (nSPS) is 10.7. The van der Waals surface area contributed by atoms with Gasteiger partial charge in [0.1, 0.15) is 11.6 Å². The molecule has 1 amide bonds. The number of hydrogen-bond donors (Lipinski definition) is 3. The number of nitrogens with zero attached hydrogens (tertiary/aromatic N) is 2. The van der Waals surface area contributed by atoms with Crippen molar-refractivity contribution in [2.24, 2.45) is 0 Å². The highest BCUT2D eigenvalue weighted by Crippen LogP contribution is 2.18. The summed E-state index contributed by atoms with van der Waals surface area (Å²) in [6.45, 7) is -0.159. The minimum Gasteiger partial charge on any atom is -0.488 e. The lowest BCUT2D eigenvalue weighted by atomic mass is 10.2. The minimum absolute atomic E-state index is 0.0410. The van der Waals surface area contributed by atoms with E-state index in [1.807, 2.05) is 18.2 Å². The standard InChI is InChI=1S/C20H15IN4O6/c21-13-2-1-3-14(10-13)22-17(26)11-31-15-7-4-12(5-8-15)6-9-16-23-19(27)18(25(29)30)20(28)24-16/h1-10H,11H2,(H,22,26)(H2,23,24,27,28)/b9-6+. The van der Waals surface area contributed by atoms with E-state index in [-0.39, 0.29) is 18.3 Å². The van der Waals surface area contributed by atoms with Crippen LogP contribution in [-0.2, 0) is 4.79 Å². The molecule has 0 saturated carbocycles. The molecule has 0 radical (unpaired) electrons. The van der Waals surface area contributed by atoms with Crippen LogP contribution in [0.1, 0.15) is 11.4 Å². The number of amides is 1. The second kappa shape index (κ2) is 9.84. The molecule has 2 aromatic carbocycles. The molecular weight excluding hydrogens is 519 g/mol. The topological polar surface area (TPSA) is 147 Å². The zero-order valence-corrected chi connectivity index (χ0v) is 17.9. The molecule has 0 saturated heterocycles. The number of anilines is 1. The monoisotopic (exact) mass is 534 g/mol. The van der Waals surface area contributed by atoms with Crippen LogP contribution in [0.25, 0.3) is 12.2 Å². The molecule has 31 heavy (non-hydrogen) atoms. The number of rotatable bonds is 7. The Morgan fingerprint density at radius 1 is 1.26 bits per heavy atom. The van der Waals surface area contributed by atoms with E-state index in [4.69, 9.17) is 4.74 Å². The second-order valence-electron chi connectivity index (χ2n) is 6.13. The lowest BCUT2D eigenvalue weighted by Gasteiger charge is -2.08. The Kier molecular flexibility index (Phi) is 6.97. The van der Waals surface area contributed by atoms with Gasteiger partial charge in [-0.3, -0.25) is 19.7 Å². The summed E-state index contributed by atoms with van der Waals surface area (Å²) in [5, 5.41) is 23.0. The van der Waals surface area contributed by atoms with Crippen LogP contribution in [0.15, 0.2) is 53.3 Å². The third kappa shape index (κ3) is 6.12. The highest BCUT2D eigenvalue weighted by molar-refractivity contribution is 14.1. The fourth-order valence-electron chi connectivity index (χ4n) is 2.48. The van der Waals surface area contributed by atoms with Crippen molar-refractivity contribution in [2.45, 2.75) is 0 Å². The Labute approximate surface area is 188 Å². The van der Waals surface area contributed by atoms with Crippen molar-refractivity contribution in [2.75, 3.05) is 11.9 Å². The van der Waals surface area contributed by atoms with Crippen molar-refractivity contribution in [3.63, 3.8) is 0 Å². The summed E-state index contributed by atoms with van der Waals surface area (Å²) in [6, 6.07) is 14.1. The van der Waals surface area contributed by atoms with Gasteiger partial charge in [-0.05, 0) is 64.6 Å². The van der Waals surface area contributed by atoms with Gasteiger partial charge in [0, 0.05) is 9.26 Å². The van der Waals surface area contributed by atoms with E-state index in [0.29, 0.717) is 17.0 Å². The first-order chi connectivity index (χ1) is 14.8. The van der Waals surface area contributed by atoms with Crippen LogP contribution in [0.2, 0.25) is 0 Å². The number of ether oxygens (including phenoxy) is 1. The molecule has 10 nitrogen and oxygen atoms in total. The smallest absolute Gasteiger partial charge is 0.395 e. The number of H-pyrrole nitrogens is 1. The minimum atomic E-state index is -1.05. The van der Waals surface area contributed by atoms with Crippen molar-refractivity contribution >= 4 is 52.0 Å². The Morgan fingerprint density at radius 2 is 2.00 bits per heavy atom. The summed E-state index contributed by atoms with van der Waals surface area (Å²) in [7, 11) is 0. The Bertz CT molecular complexity index is 1210. The lowest BCUT2D eigenvalue weighted by molar-refractivity contribution is -0.387. The highest BCUT2D eigenvalue weighted by atomic mass is 127. The lowest BCUT2D eigenvalue weighted by Crippen LogP contribution is -2.20. The molecular formula is C20H15IN4O6. The van der Waals surface area contributed by atoms with Crippen LogP contribution in [0.5, 0.6) is 11.6 Å². The number of carbonyl (C=O) groups is 1. The maximum atomic E-state index is 12.0. The van der Waals surface area contributed by atoms with Gasteiger partial charge in [0.05, 0.1) is 4.92 Å². The highest BCUT2D eigenvalue weighted by Gasteiger charge is 2.21. The number of nitro groups is 1. The third-order valence-corrected chi connectivity index (χ3v) is 4.54. The van der Waals surface area contributed by atoms with Gasteiger partial charge in [-0.15, -0.1) is 0 Å². The van der Waals surface area contributed by atoms with Gasteiger partial charge < -0.3 is 20.1 Å². The van der Waals surface area contributed by atoms with Crippen molar-refractivity contribution in [3.8, 4) is 11.6 Å². The Morgan fingerprint density at radius 3 is 2.65 bits per heavy atom. The van der Waals surface area contributed by atoms with Crippen LogP contribution < -0.4 is 15.6 Å². The molecule has 0 bridgehead atoms. The summed E-state index contributed by atoms with van der Waals surface area (Å²) in [5.74, 6) is -0.810. The molecule has 1 heterocycles. The van der Waals surface area contributed by atoms with E-state index in [1.54, 1.807) is 36.4 Å². The van der Waals surface area contributed by atoms with Crippen LogP contribution in [0.3, 0.4) is 0 Å². The molecule has 3 N–H and O–H groups in total. The maximum absolute atomic E-state index is 12.0. The average molecular weight is 534 g/mol. The van der Waals surface area contributed by atoms with E-state index < -0.39 is 22.0 Å². The van der Waals surface area contributed by atoms with Gasteiger partial charge in [-0.1, -0.05) is 24.3 Å². The van der Waals surface area contributed by atoms with Crippen molar-refractivity contribution < 1.29 is 19.6 Å². The summed E-state index contributed by atoms with van der Waals surface area (Å²) in [4.78, 5) is 39.1. The van der Waals surface area contributed by atoms with Crippen molar-refractivity contribution in [1.29, 1.82) is 0 Å². The largest absolute Gasteiger partial charge is 0.488 e. The molecule has 0 spiro atoms. The van der Waals surface area contributed by atoms with Crippen LogP contribution in [0.4, 0.5) is 11.4 Å². The van der Waals surface area contributed by atoms with E-state index in [1.165, 1.54) is 6.08 Å². The van der Waals surface area contributed by atoms with Gasteiger partial charge in [-0.25, -0.2) is 0 Å². The number of hydrogen-bond acceptors (Lipinski definition) is 7. The van der Waals surface area contributed by atoms with E-state index in [2.05, 4.69) is 37.9 Å². The molecule has 158 valence electrons. The number of benzene rings is 2. The first kappa shape index (κ1) is 22.0. The van der Waals surface area contributed by atoms with Gasteiger partial charge in [0.25, 0.3) is 11.8 Å². The van der Waals surface area contributed by atoms with Crippen molar-refractivity contribution in [3.05, 3.63) is 84.0 Å². The van der Waals surface area contributed by atoms with Gasteiger partial charge in [0.15, 0.2) is 6.61 Å². The second-order valence-corrected chi connectivity index (χ2v) is 7.38. The Balaban J connectivity index is 1.58. The zero-order valence-electron chi connectivity index (χ0n) is 15.7. The van der Waals surface area contributed by atoms with E-state index >= 15 is 0 Å². The molecule has 0 fully saturated rings.